The number of benzene rings is 2. The summed E-state index contributed by atoms with van der Waals surface area (Å²) in [7, 11) is 0. The summed E-state index contributed by atoms with van der Waals surface area (Å²) in [5, 5.41) is 0. The van der Waals surface area contributed by atoms with Crippen LogP contribution in [0.5, 0.6) is 0 Å². The van der Waals surface area contributed by atoms with E-state index in [2.05, 4.69) is 73.3 Å². The van der Waals surface area contributed by atoms with E-state index in [1.54, 1.807) is 0 Å². The zero-order valence-electron chi connectivity index (χ0n) is 16.7. The Labute approximate surface area is 163 Å². The van der Waals surface area contributed by atoms with E-state index in [4.69, 9.17) is 0 Å². The zero-order chi connectivity index (χ0) is 19.1. The lowest BCUT2D eigenvalue weighted by atomic mass is 9.68. The van der Waals surface area contributed by atoms with Crippen LogP contribution in [0.4, 0.5) is 0 Å². The van der Waals surface area contributed by atoms with Gasteiger partial charge in [0, 0.05) is 25.0 Å². The first-order valence-corrected chi connectivity index (χ1v) is 10.1. The maximum absolute atomic E-state index is 11.4. The molecule has 1 aliphatic rings. The third kappa shape index (κ3) is 4.75. The van der Waals surface area contributed by atoms with Crippen LogP contribution in [0.1, 0.15) is 42.9 Å². The van der Waals surface area contributed by atoms with E-state index < -0.39 is 0 Å². The molecule has 1 unspecified atom stereocenters. The van der Waals surface area contributed by atoms with Crippen molar-refractivity contribution < 1.29 is 4.79 Å². The molecule has 0 saturated carbocycles. The maximum atomic E-state index is 11.4. The van der Waals surface area contributed by atoms with E-state index in [-0.39, 0.29) is 5.41 Å². The fraction of sp³-hybridized carbons (Fsp3) is 0.400. The standard InChI is InChI=1S/C25H31NO/c1-3-15-25(18-23-12-8-7-9-21(23)2)20-26(16-13-24(25)14-17-27)19-22-10-5-4-6-11-22/h4-12,14,17H,3,13,15-16,18-20H2,1-2H3/b24-14-. The predicted octanol–water partition coefficient (Wildman–Crippen LogP) is 5.36. The van der Waals surface area contributed by atoms with Crippen molar-refractivity contribution in [2.45, 2.75) is 46.1 Å². The highest BCUT2D eigenvalue weighted by Gasteiger charge is 2.38. The highest BCUT2D eigenvalue weighted by Crippen LogP contribution is 2.43. The molecule has 2 aromatic carbocycles. The molecule has 1 heterocycles. The average molecular weight is 362 g/mol. The minimum atomic E-state index is 0.0504. The van der Waals surface area contributed by atoms with Crippen LogP contribution < -0.4 is 0 Å². The van der Waals surface area contributed by atoms with Gasteiger partial charge in [0.05, 0.1) is 0 Å². The van der Waals surface area contributed by atoms with Gasteiger partial charge < -0.3 is 0 Å². The van der Waals surface area contributed by atoms with Crippen LogP contribution >= 0.6 is 0 Å². The minimum absolute atomic E-state index is 0.0504. The molecule has 1 fully saturated rings. The molecule has 27 heavy (non-hydrogen) atoms. The lowest BCUT2D eigenvalue weighted by molar-refractivity contribution is -0.104. The summed E-state index contributed by atoms with van der Waals surface area (Å²) in [6.07, 6.45) is 7.09. The van der Waals surface area contributed by atoms with Crippen molar-refractivity contribution in [1.29, 1.82) is 0 Å². The lowest BCUT2D eigenvalue weighted by Gasteiger charge is -2.45. The summed E-state index contributed by atoms with van der Waals surface area (Å²) in [6, 6.07) is 19.4. The Morgan fingerprint density at radius 1 is 1.07 bits per heavy atom. The Morgan fingerprint density at radius 2 is 1.81 bits per heavy atom. The molecular formula is C25H31NO. The number of carbonyl (C=O) groups is 1. The van der Waals surface area contributed by atoms with Gasteiger partial charge in [-0.25, -0.2) is 0 Å². The van der Waals surface area contributed by atoms with Crippen molar-refractivity contribution in [3.8, 4) is 0 Å². The van der Waals surface area contributed by atoms with Gasteiger partial charge in [0.15, 0.2) is 0 Å². The number of hydrogen-bond donors (Lipinski definition) is 0. The van der Waals surface area contributed by atoms with Crippen LogP contribution in [0.2, 0.25) is 0 Å². The van der Waals surface area contributed by atoms with E-state index in [9.17, 15) is 4.79 Å². The number of rotatable bonds is 7. The normalized spacial score (nSPS) is 22.1. The predicted molar refractivity (Wildman–Crippen MR) is 113 cm³/mol. The van der Waals surface area contributed by atoms with Gasteiger partial charge in [-0.2, -0.15) is 0 Å². The first kappa shape index (κ1) is 19.6. The van der Waals surface area contributed by atoms with Gasteiger partial charge in [0.25, 0.3) is 0 Å². The fourth-order valence-electron chi connectivity index (χ4n) is 4.62. The molecule has 1 saturated heterocycles. The van der Waals surface area contributed by atoms with Crippen molar-refractivity contribution in [1.82, 2.24) is 4.90 Å². The van der Waals surface area contributed by atoms with Crippen molar-refractivity contribution in [3.05, 3.63) is 82.9 Å². The topological polar surface area (TPSA) is 20.3 Å². The molecule has 0 amide bonds. The Hall–Kier alpha value is -2.19. The van der Waals surface area contributed by atoms with Gasteiger partial charge in [-0.15, -0.1) is 0 Å². The van der Waals surface area contributed by atoms with Gasteiger partial charge in [-0.05, 0) is 49.0 Å². The number of aldehydes is 1. The first-order chi connectivity index (χ1) is 13.2. The SMILES string of the molecule is CCCC1(Cc2ccccc2C)CN(Cc2ccccc2)CC/C1=C/C=O. The third-order valence-corrected chi connectivity index (χ3v) is 5.94. The van der Waals surface area contributed by atoms with E-state index >= 15 is 0 Å². The molecule has 0 bridgehead atoms. The van der Waals surface area contributed by atoms with Gasteiger partial charge in [0.2, 0.25) is 0 Å². The van der Waals surface area contributed by atoms with Gasteiger partial charge in [-0.1, -0.05) is 73.5 Å². The molecule has 0 N–H and O–H groups in total. The molecule has 2 aromatic rings. The van der Waals surface area contributed by atoms with Crippen LogP contribution in [0.25, 0.3) is 0 Å². The molecule has 2 heteroatoms. The molecule has 142 valence electrons. The number of nitrogens with zero attached hydrogens (tertiary/aromatic N) is 1. The zero-order valence-corrected chi connectivity index (χ0v) is 16.7. The Bertz CT molecular complexity index is 780. The summed E-state index contributed by atoms with van der Waals surface area (Å²) in [4.78, 5) is 13.9. The van der Waals surface area contributed by atoms with Crippen LogP contribution in [0.15, 0.2) is 66.2 Å². The Morgan fingerprint density at radius 3 is 2.52 bits per heavy atom. The van der Waals surface area contributed by atoms with E-state index in [0.29, 0.717) is 0 Å². The summed E-state index contributed by atoms with van der Waals surface area (Å²) >= 11 is 0. The van der Waals surface area contributed by atoms with Crippen LogP contribution in [0.3, 0.4) is 0 Å². The van der Waals surface area contributed by atoms with E-state index in [0.717, 1.165) is 51.6 Å². The quantitative estimate of drug-likeness (QED) is 0.489. The summed E-state index contributed by atoms with van der Waals surface area (Å²) in [5.74, 6) is 0. The number of likely N-dealkylation sites (tertiary alicyclic amines) is 1. The molecule has 0 spiro atoms. The average Bonchev–Trinajstić information content (AvgIpc) is 2.67. The Balaban J connectivity index is 1.90. The number of allylic oxidation sites excluding steroid dienone is 1. The minimum Gasteiger partial charge on any atom is -0.299 e. The van der Waals surface area contributed by atoms with Gasteiger partial charge in [-0.3, -0.25) is 9.69 Å². The lowest BCUT2D eigenvalue weighted by Crippen LogP contribution is -2.46. The van der Waals surface area contributed by atoms with Gasteiger partial charge >= 0.3 is 0 Å². The van der Waals surface area contributed by atoms with Gasteiger partial charge in [0.1, 0.15) is 6.29 Å². The highest BCUT2D eigenvalue weighted by molar-refractivity contribution is 5.67. The second-order valence-corrected chi connectivity index (χ2v) is 7.91. The monoisotopic (exact) mass is 361 g/mol. The van der Waals surface area contributed by atoms with E-state index in [1.807, 2.05) is 6.08 Å². The number of carbonyl (C=O) groups excluding carboxylic acids is 1. The summed E-state index contributed by atoms with van der Waals surface area (Å²) in [5.41, 5.74) is 5.51. The number of hydrogen-bond acceptors (Lipinski definition) is 2. The smallest absolute Gasteiger partial charge is 0.142 e. The molecule has 3 rings (SSSR count). The molecule has 0 aliphatic carbocycles. The summed E-state index contributed by atoms with van der Waals surface area (Å²) in [6.45, 7) is 7.48. The van der Waals surface area contributed by atoms with Crippen molar-refractivity contribution in [2.24, 2.45) is 5.41 Å². The Kier molecular flexibility index (Phi) is 6.63. The van der Waals surface area contributed by atoms with Crippen molar-refractivity contribution >= 4 is 6.29 Å². The molecule has 1 aliphatic heterocycles. The second kappa shape index (κ2) is 9.14. The molecule has 1 atom stereocenters. The van der Waals surface area contributed by atoms with Crippen molar-refractivity contribution in [3.63, 3.8) is 0 Å². The van der Waals surface area contributed by atoms with Crippen LogP contribution in [-0.2, 0) is 17.8 Å². The summed E-state index contributed by atoms with van der Waals surface area (Å²) < 4.78 is 0. The van der Waals surface area contributed by atoms with E-state index in [1.165, 1.54) is 22.3 Å². The van der Waals surface area contributed by atoms with Crippen LogP contribution in [0, 0.1) is 12.3 Å². The van der Waals surface area contributed by atoms with Crippen molar-refractivity contribution in [2.75, 3.05) is 13.1 Å². The molecule has 2 nitrogen and oxygen atoms in total. The third-order valence-electron chi connectivity index (χ3n) is 5.94. The number of aryl methyl sites for hydroxylation is 1. The molecule has 0 radical (unpaired) electrons. The fourth-order valence-corrected chi connectivity index (χ4v) is 4.62. The molecular weight excluding hydrogens is 330 g/mol. The molecule has 0 aromatic heterocycles. The first-order valence-electron chi connectivity index (χ1n) is 10.1. The second-order valence-electron chi connectivity index (χ2n) is 7.91. The van der Waals surface area contributed by atoms with Crippen LogP contribution in [-0.4, -0.2) is 24.3 Å². The highest BCUT2D eigenvalue weighted by atomic mass is 16.1. The maximum Gasteiger partial charge on any atom is 0.142 e. The largest absolute Gasteiger partial charge is 0.299 e. The number of piperidine rings is 1.